The van der Waals surface area contributed by atoms with Crippen molar-refractivity contribution in [1.82, 2.24) is 4.90 Å². The lowest BCUT2D eigenvalue weighted by atomic mass is 10.1. The molecule has 1 aliphatic heterocycles. The number of carboxylic acid groups (broad SMARTS) is 1. The second-order valence-electron chi connectivity index (χ2n) is 5.10. The lowest BCUT2D eigenvalue weighted by Gasteiger charge is -2.20. The lowest BCUT2D eigenvalue weighted by molar-refractivity contribution is 0.0695. The Labute approximate surface area is 121 Å². The summed E-state index contributed by atoms with van der Waals surface area (Å²) in [6.07, 6.45) is 0.520. The molecule has 0 aliphatic carbocycles. The molecule has 1 unspecified atom stereocenters. The van der Waals surface area contributed by atoms with E-state index in [1.165, 1.54) is 23.1 Å². The highest BCUT2D eigenvalue weighted by Gasteiger charge is 2.34. The molecule has 20 heavy (non-hydrogen) atoms. The van der Waals surface area contributed by atoms with Crippen LogP contribution in [0, 0.1) is 0 Å². The number of rotatable bonds is 2. The van der Waals surface area contributed by atoms with Gasteiger partial charge in [0.15, 0.2) is 0 Å². The number of aromatic carboxylic acids is 1. The maximum Gasteiger partial charge on any atom is 0.335 e. The summed E-state index contributed by atoms with van der Waals surface area (Å²) in [4.78, 5) is 24.3. The molecular weight excluding hydrogens is 284 g/mol. The molecule has 1 aliphatic rings. The Morgan fingerprint density at radius 3 is 2.65 bits per heavy atom. The number of anilines is 1. The predicted octanol–water partition coefficient (Wildman–Crippen LogP) is 2.03. The largest absolute Gasteiger partial charge is 0.478 e. The zero-order valence-electron chi connectivity index (χ0n) is 10.9. The zero-order valence-corrected chi connectivity index (χ0v) is 11.6. The van der Waals surface area contributed by atoms with E-state index in [1.807, 2.05) is 0 Å². The van der Waals surface area contributed by atoms with Crippen LogP contribution in [0.5, 0.6) is 0 Å². The van der Waals surface area contributed by atoms with Crippen LogP contribution in [0.25, 0.3) is 0 Å². The van der Waals surface area contributed by atoms with E-state index in [0.717, 1.165) is 0 Å². The van der Waals surface area contributed by atoms with Gasteiger partial charge in [-0.2, -0.15) is 0 Å². The van der Waals surface area contributed by atoms with E-state index < -0.39 is 11.6 Å². The number of benzene rings is 1. The van der Waals surface area contributed by atoms with Crippen molar-refractivity contribution in [2.24, 2.45) is 0 Å². The summed E-state index contributed by atoms with van der Waals surface area (Å²) in [5.41, 5.74) is -0.473. The normalized spacial score (nSPS) is 21.9. The average molecular weight is 299 g/mol. The van der Waals surface area contributed by atoms with Crippen LogP contribution in [0.3, 0.4) is 0 Å². The first-order valence-corrected chi connectivity index (χ1v) is 6.47. The molecule has 2 amide bonds. The SMILES string of the molecule is CC1(O)CCN(C(=O)Nc2ccc(C(=O)O)cc2Cl)C1. The molecule has 1 heterocycles. The van der Waals surface area contributed by atoms with Gasteiger partial charge in [-0.1, -0.05) is 11.6 Å². The number of β-amino-alcohol motifs (C(OH)–C–C–N with tert-alkyl or cyclic N) is 1. The van der Waals surface area contributed by atoms with Gasteiger partial charge in [-0.25, -0.2) is 9.59 Å². The number of hydrogen-bond acceptors (Lipinski definition) is 3. The average Bonchev–Trinajstić information content (AvgIpc) is 2.72. The van der Waals surface area contributed by atoms with Gasteiger partial charge in [-0.3, -0.25) is 0 Å². The van der Waals surface area contributed by atoms with E-state index in [-0.39, 0.29) is 23.2 Å². The van der Waals surface area contributed by atoms with Gasteiger partial charge in [-0.05, 0) is 31.5 Å². The summed E-state index contributed by atoms with van der Waals surface area (Å²) in [7, 11) is 0. The van der Waals surface area contributed by atoms with E-state index in [1.54, 1.807) is 6.92 Å². The van der Waals surface area contributed by atoms with Crippen molar-refractivity contribution in [3.05, 3.63) is 28.8 Å². The first kappa shape index (κ1) is 14.6. The first-order valence-electron chi connectivity index (χ1n) is 6.10. The number of nitrogens with zero attached hydrogens (tertiary/aromatic N) is 1. The minimum absolute atomic E-state index is 0.0529. The predicted molar refractivity (Wildman–Crippen MR) is 74.2 cm³/mol. The van der Waals surface area contributed by atoms with Gasteiger partial charge >= 0.3 is 12.0 Å². The standard InChI is InChI=1S/C13H15ClN2O4/c1-13(20)4-5-16(7-13)12(19)15-10-3-2-8(11(17)18)6-9(10)14/h2-3,6,20H,4-5,7H2,1H3,(H,15,19)(H,17,18). The Balaban J connectivity index is 2.07. The molecule has 0 bridgehead atoms. The monoisotopic (exact) mass is 298 g/mol. The molecular formula is C13H15ClN2O4. The Hall–Kier alpha value is -1.79. The molecule has 0 saturated carbocycles. The number of carbonyl (C=O) groups is 2. The molecule has 1 aromatic rings. The van der Waals surface area contributed by atoms with Gasteiger partial charge in [0.25, 0.3) is 0 Å². The third-order valence-corrected chi connectivity index (χ3v) is 3.51. The van der Waals surface area contributed by atoms with Crippen molar-refractivity contribution >= 4 is 29.3 Å². The Morgan fingerprint density at radius 2 is 2.15 bits per heavy atom. The van der Waals surface area contributed by atoms with Gasteiger partial charge in [0.2, 0.25) is 0 Å². The zero-order chi connectivity index (χ0) is 14.9. The van der Waals surface area contributed by atoms with Crippen LogP contribution in [-0.4, -0.2) is 45.8 Å². The highest BCUT2D eigenvalue weighted by molar-refractivity contribution is 6.34. The number of urea groups is 1. The highest BCUT2D eigenvalue weighted by Crippen LogP contribution is 2.25. The molecule has 0 aromatic heterocycles. The van der Waals surface area contributed by atoms with Gasteiger partial charge in [0.1, 0.15) is 0 Å². The summed E-state index contributed by atoms with van der Waals surface area (Å²) in [5, 5.41) is 21.4. The number of carbonyl (C=O) groups excluding carboxylic acids is 1. The first-order chi connectivity index (χ1) is 9.28. The van der Waals surface area contributed by atoms with Crippen molar-refractivity contribution in [1.29, 1.82) is 0 Å². The summed E-state index contributed by atoms with van der Waals surface area (Å²) in [6.45, 7) is 2.39. The van der Waals surface area contributed by atoms with Crippen LogP contribution in [-0.2, 0) is 0 Å². The van der Waals surface area contributed by atoms with Crippen LogP contribution < -0.4 is 5.32 Å². The number of likely N-dealkylation sites (tertiary alicyclic amines) is 1. The summed E-state index contributed by atoms with van der Waals surface area (Å²) < 4.78 is 0. The number of hydrogen-bond donors (Lipinski definition) is 3. The van der Waals surface area contributed by atoms with Gasteiger partial charge in [-0.15, -0.1) is 0 Å². The van der Waals surface area contributed by atoms with Crippen LogP contribution in [0.4, 0.5) is 10.5 Å². The van der Waals surface area contributed by atoms with Crippen LogP contribution in [0.15, 0.2) is 18.2 Å². The fourth-order valence-corrected chi connectivity index (χ4v) is 2.29. The Bertz CT molecular complexity index is 559. The molecule has 1 aromatic carbocycles. The molecule has 108 valence electrons. The van der Waals surface area contributed by atoms with E-state index in [0.29, 0.717) is 18.7 Å². The minimum Gasteiger partial charge on any atom is -0.478 e. The summed E-state index contributed by atoms with van der Waals surface area (Å²) in [5.74, 6) is -1.08. The molecule has 1 saturated heterocycles. The van der Waals surface area contributed by atoms with Crippen molar-refractivity contribution in [3.8, 4) is 0 Å². The maximum absolute atomic E-state index is 12.0. The molecule has 0 spiro atoms. The van der Waals surface area contributed by atoms with E-state index in [4.69, 9.17) is 16.7 Å². The molecule has 1 atom stereocenters. The van der Waals surface area contributed by atoms with E-state index in [9.17, 15) is 14.7 Å². The van der Waals surface area contributed by atoms with Crippen LogP contribution in [0.2, 0.25) is 5.02 Å². The second-order valence-corrected chi connectivity index (χ2v) is 5.51. The van der Waals surface area contributed by atoms with Crippen molar-refractivity contribution in [2.75, 3.05) is 18.4 Å². The molecule has 1 fully saturated rings. The third-order valence-electron chi connectivity index (χ3n) is 3.20. The van der Waals surface area contributed by atoms with Crippen molar-refractivity contribution in [3.63, 3.8) is 0 Å². The quantitative estimate of drug-likeness (QED) is 0.779. The summed E-state index contributed by atoms with van der Waals surface area (Å²) >= 11 is 5.93. The highest BCUT2D eigenvalue weighted by atomic mass is 35.5. The number of halogens is 1. The van der Waals surface area contributed by atoms with Crippen LogP contribution >= 0.6 is 11.6 Å². The number of nitrogens with one attached hydrogen (secondary N) is 1. The molecule has 0 radical (unpaired) electrons. The van der Waals surface area contributed by atoms with Crippen molar-refractivity contribution in [2.45, 2.75) is 18.9 Å². The fraction of sp³-hybridized carbons (Fsp3) is 0.385. The van der Waals surface area contributed by atoms with E-state index in [2.05, 4.69) is 5.32 Å². The number of aliphatic hydroxyl groups is 1. The van der Waals surface area contributed by atoms with Crippen LogP contribution in [0.1, 0.15) is 23.7 Å². The topological polar surface area (TPSA) is 89.9 Å². The van der Waals surface area contributed by atoms with Gasteiger partial charge in [0.05, 0.1) is 28.4 Å². The number of amides is 2. The summed E-state index contributed by atoms with van der Waals surface area (Å²) in [6, 6.07) is 3.72. The Morgan fingerprint density at radius 1 is 1.45 bits per heavy atom. The maximum atomic E-state index is 12.0. The lowest BCUT2D eigenvalue weighted by Crippen LogP contribution is -2.36. The molecule has 3 N–H and O–H groups in total. The number of carboxylic acids is 1. The second kappa shape index (κ2) is 5.30. The van der Waals surface area contributed by atoms with Gasteiger partial charge < -0.3 is 20.4 Å². The Kier molecular flexibility index (Phi) is 3.87. The third kappa shape index (κ3) is 3.20. The fourth-order valence-electron chi connectivity index (χ4n) is 2.06. The van der Waals surface area contributed by atoms with E-state index >= 15 is 0 Å². The molecule has 6 nitrogen and oxygen atoms in total. The van der Waals surface area contributed by atoms with Gasteiger partial charge in [0, 0.05) is 6.54 Å². The minimum atomic E-state index is -1.08. The van der Waals surface area contributed by atoms with Crippen molar-refractivity contribution < 1.29 is 19.8 Å². The smallest absolute Gasteiger partial charge is 0.335 e. The molecule has 7 heteroatoms. The molecule has 2 rings (SSSR count).